The summed E-state index contributed by atoms with van der Waals surface area (Å²) in [5, 5.41) is 0.764. The molecule has 0 bridgehead atoms. The van der Waals surface area contributed by atoms with E-state index >= 15 is 0 Å². The van der Waals surface area contributed by atoms with Crippen LogP contribution in [0.3, 0.4) is 0 Å². The van der Waals surface area contributed by atoms with E-state index in [1.807, 2.05) is 0 Å². The Kier molecular flexibility index (Phi) is 5.37. The molecule has 1 nitrogen and oxygen atoms in total. The molecule has 0 aromatic rings. The lowest BCUT2D eigenvalue weighted by Crippen LogP contribution is -2.26. The number of hydrogen-bond acceptors (Lipinski definition) is 2. The van der Waals surface area contributed by atoms with Gasteiger partial charge in [-0.05, 0) is 32.1 Å². The highest BCUT2D eigenvalue weighted by molar-refractivity contribution is 8.29. The fraction of sp³-hybridized carbons (Fsp3) is 0.933. The predicted molar refractivity (Wildman–Crippen MR) is 87.5 cm³/mol. The Morgan fingerprint density at radius 2 is 1.61 bits per heavy atom. The van der Waals surface area contributed by atoms with Gasteiger partial charge in [0.05, 0.1) is 0 Å². The molecule has 2 saturated carbocycles. The Bertz CT molecular complexity index is 289. The van der Waals surface area contributed by atoms with Crippen molar-refractivity contribution in [3.8, 4) is 0 Å². The van der Waals surface area contributed by atoms with E-state index < -0.39 is 7.22 Å². The zero-order chi connectivity index (χ0) is 13.0. The summed E-state index contributed by atoms with van der Waals surface area (Å²) in [6.07, 6.45) is 12.4. The molecule has 0 aliphatic heterocycles. The third-order valence-corrected chi connectivity index (χ3v) is 8.41. The molecule has 0 spiro atoms. The molecule has 0 saturated heterocycles. The Labute approximate surface area is 118 Å². The summed E-state index contributed by atoms with van der Waals surface area (Å²) in [6.45, 7) is 7.45. The van der Waals surface area contributed by atoms with E-state index in [-0.39, 0.29) is 0 Å². The summed E-state index contributed by atoms with van der Waals surface area (Å²) in [7, 11) is -1.03. The normalized spacial score (nSPS) is 29.7. The lowest BCUT2D eigenvalue weighted by Gasteiger charge is -2.25. The number of rotatable bonds is 3. The van der Waals surface area contributed by atoms with E-state index in [0.717, 1.165) is 5.25 Å². The minimum Gasteiger partial charge on any atom is -0.290 e. The first-order valence-corrected chi connectivity index (χ1v) is 12.9. The minimum atomic E-state index is -1.03. The van der Waals surface area contributed by atoms with Gasteiger partial charge in [-0.15, -0.1) is 0 Å². The summed E-state index contributed by atoms with van der Waals surface area (Å²) in [5.74, 6) is 0. The van der Waals surface area contributed by atoms with Gasteiger partial charge < -0.3 is 0 Å². The average Bonchev–Trinajstić information content (AvgIpc) is 2.68. The van der Waals surface area contributed by atoms with Crippen LogP contribution in [0, 0.1) is 0 Å². The van der Waals surface area contributed by atoms with Crippen LogP contribution in [0.2, 0.25) is 19.6 Å². The molecule has 0 amide bonds. The molecule has 18 heavy (non-hydrogen) atoms. The standard InChI is InChI=1S/C15H29NSSi/c1-18(2,3)17-15-12-6-4-5-11-14(15)16-13-9-7-8-10-13/h13,15H,4-12H2,1-3H3. The van der Waals surface area contributed by atoms with Gasteiger partial charge in [0.2, 0.25) is 0 Å². The Balaban J connectivity index is 2.05. The number of aliphatic imine (C=N–C) groups is 1. The van der Waals surface area contributed by atoms with Crippen LogP contribution >= 0.6 is 11.2 Å². The smallest absolute Gasteiger partial charge is 0.109 e. The Morgan fingerprint density at radius 1 is 0.944 bits per heavy atom. The van der Waals surface area contributed by atoms with Gasteiger partial charge in [0.15, 0.2) is 0 Å². The number of hydrogen-bond donors (Lipinski definition) is 0. The molecule has 2 rings (SSSR count). The molecular weight excluding hydrogens is 254 g/mol. The third kappa shape index (κ3) is 4.73. The molecule has 0 heterocycles. The lowest BCUT2D eigenvalue weighted by atomic mass is 10.1. The topological polar surface area (TPSA) is 12.4 Å². The van der Waals surface area contributed by atoms with Crippen molar-refractivity contribution >= 4 is 24.1 Å². The predicted octanol–water partition coefficient (Wildman–Crippen LogP) is 5.27. The van der Waals surface area contributed by atoms with Crippen molar-refractivity contribution < 1.29 is 0 Å². The molecular formula is C15H29NSSi. The first-order valence-electron chi connectivity index (χ1n) is 7.79. The van der Waals surface area contributed by atoms with Crippen molar-refractivity contribution in [3.63, 3.8) is 0 Å². The monoisotopic (exact) mass is 283 g/mol. The highest BCUT2D eigenvalue weighted by Gasteiger charge is 2.27. The highest BCUT2D eigenvalue weighted by Crippen LogP contribution is 2.33. The second-order valence-corrected chi connectivity index (χ2v) is 16.3. The van der Waals surface area contributed by atoms with Crippen LogP contribution < -0.4 is 0 Å². The van der Waals surface area contributed by atoms with Crippen molar-refractivity contribution in [1.29, 1.82) is 0 Å². The maximum Gasteiger partial charge on any atom is 0.109 e. The average molecular weight is 284 g/mol. The van der Waals surface area contributed by atoms with Gasteiger partial charge in [0.25, 0.3) is 0 Å². The maximum absolute atomic E-state index is 5.18. The Morgan fingerprint density at radius 3 is 2.28 bits per heavy atom. The van der Waals surface area contributed by atoms with E-state index in [4.69, 9.17) is 4.99 Å². The molecule has 0 N–H and O–H groups in total. The van der Waals surface area contributed by atoms with E-state index in [0.29, 0.717) is 6.04 Å². The maximum atomic E-state index is 5.18. The van der Waals surface area contributed by atoms with Crippen molar-refractivity contribution in [1.82, 2.24) is 0 Å². The summed E-state index contributed by atoms with van der Waals surface area (Å²) < 4.78 is 0. The van der Waals surface area contributed by atoms with Gasteiger partial charge in [0, 0.05) is 17.0 Å². The fourth-order valence-corrected chi connectivity index (χ4v) is 7.88. The molecule has 1 unspecified atom stereocenters. The van der Waals surface area contributed by atoms with E-state index in [1.54, 1.807) is 5.71 Å². The highest BCUT2D eigenvalue weighted by atomic mass is 32.4. The molecule has 2 aliphatic carbocycles. The Hall–Kier alpha value is 0.237. The van der Waals surface area contributed by atoms with Crippen molar-refractivity contribution in [2.24, 2.45) is 4.99 Å². The molecule has 0 radical (unpaired) electrons. The van der Waals surface area contributed by atoms with Gasteiger partial charge in [0.1, 0.15) is 7.22 Å². The van der Waals surface area contributed by atoms with Crippen LogP contribution in [0.1, 0.15) is 57.8 Å². The van der Waals surface area contributed by atoms with E-state index in [2.05, 4.69) is 30.9 Å². The molecule has 0 aromatic carbocycles. The summed E-state index contributed by atoms with van der Waals surface area (Å²) in [5.41, 5.74) is 1.59. The van der Waals surface area contributed by atoms with Crippen molar-refractivity contribution in [2.75, 3.05) is 0 Å². The molecule has 1 atom stereocenters. The quantitative estimate of drug-likeness (QED) is 0.507. The fourth-order valence-electron chi connectivity index (χ4n) is 3.11. The van der Waals surface area contributed by atoms with Crippen LogP contribution in [-0.2, 0) is 0 Å². The molecule has 0 aromatic heterocycles. The van der Waals surface area contributed by atoms with Crippen LogP contribution in [-0.4, -0.2) is 24.2 Å². The van der Waals surface area contributed by atoms with Crippen LogP contribution in [0.25, 0.3) is 0 Å². The minimum absolute atomic E-state index is 0.683. The molecule has 104 valence electrons. The lowest BCUT2D eigenvalue weighted by molar-refractivity contribution is 0.699. The van der Waals surface area contributed by atoms with E-state index in [1.165, 1.54) is 57.8 Å². The van der Waals surface area contributed by atoms with Gasteiger partial charge in [-0.2, -0.15) is 11.2 Å². The van der Waals surface area contributed by atoms with Gasteiger partial charge in [-0.3, -0.25) is 4.99 Å². The van der Waals surface area contributed by atoms with Gasteiger partial charge >= 0.3 is 0 Å². The summed E-state index contributed by atoms with van der Waals surface area (Å²) >= 11 is 2.29. The van der Waals surface area contributed by atoms with Gasteiger partial charge in [-0.25, -0.2) is 0 Å². The van der Waals surface area contributed by atoms with Crippen molar-refractivity contribution in [3.05, 3.63) is 0 Å². The number of nitrogens with zero attached hydrogens (tertiary/aromatic N) is 1. The first-order chi connectivity index (χ1) is 8.54. The largest absolute Gasteiger partial charge is 0.290 e. The molecule has 2 aliphatic rings. The second kappa shape index (κ2) is 6.60. The van der Waals surface area contributed by atoms with Crippen LogP contribution in [0.4, 0.5) is 0 Å². The summed E-state index contributed by atoms with van der Waals surface area (Å²) in [4.78, 5) is 5.18. The summed E-state index contributed by atoms with van der Waals surface area (Å²) in [6, 6.07) is 0.683. The second-order valence-electron chi connectivity index (χ2n) is 6.88. The molecule has 2 fully saturated rings. The van der Waals surface area contributed by atoms with Crippen molar-refractivity contribution in [2.45, 2.75) is 88.7 Å². The first kappa shape index (κ1) is 14.6. The van der Waals surface area contributed by atoms with Gasteiger partial charge in [-0.1, -0.05) is 45.3 Å². The zero-order valence-corrected chi connectivity index (χ0v) is 14.2. The molecule has 3 heteroatoms. The third-order valence-electron chi connectivity index (χ3n) is 3.94. The van der Waals surface area contributed by atoms with E-state index in [9.17, 15) is 0 Å². The van der Waals surface area contributed by atoms with Crippen LogP contribution in [0.5, 0.6) is 0 Å². The van der Waals surface area contributed by atoms with Crippen LogP contribution in [0.15, 0.2) is 4.99 Å². The SMILES string of the molecule is C[Si](C)(C)SC1CCCCCC1=NC1CCCC1. The zero-order valence-electron chi connectivity index (χ0n) is 12.4.